The Hall–Kier alpha value is -0.530. The van der Waals surface area contributed by atoms with Crippen LogP contribution in [0.3, 0.4) is 0 Å². The Morgan fingerprint density at radius 2 is 1.56 bits per heavy atom. The molecular weight excluding hydrogens is 218 g/mol. The van der Waals surface area contributed by atoms with Crippen LogP contribution in [0.5, 0.6) is 0 Å². The lowest BCUT2D eigenvalue weighted by Gasteiger charge is -2.23. The van der Waals surface area contributed by atoms with Crippen LogP contribution in [-0.2, 0) is 5.41 Å². The van der Waals surface area contributed by atoms with Crippen LogP contribution in [0.4, 0.5) is 0 Å². The van der Waals surface area contributed by atoms with Crippen LogP contribution < -0.4 is 5.32 Å². The Bertz CT molecular complexity index is 354. The van der Waals surface area contributed by atoms with Gasteiger partial charge in [-0.2, -0.15) is 0 Å². The minimum Gasteiger partial charge on any atom is -0.301 e. The van der Waals surface area contributed by atoms with Crippen LogP contribution in [0.1, 0.15) is 48.5 Å². The second kappa shape index (κ2) is 4.77. The van der Waals surface area contributed by atoms with Gasteiger partial charge in [-0.3, -0.25) is 0 Å². The quantitative estimate of drug-likeness (QED) is 0.606. The van der Waals surface area contributed by atoms with E-state index in [1.54, 1.807) is 0 Å². The second-order valence-corrected chi connectivity index (χ2v) is 5.86. The summed E-state index contributed by atoms with van der Waals surface area (Å²) < 4.78 is 0. The summed E-state index contributed by atoms with van der Waals surface area (Å²) in [4.78, 5) is 0. The Morgan fingerprint density at radius 1 is 1.12 bits per heavy atom. The SMILES string of the molecule is CNC(Cl)c1c(C)cc(C(C)(C)C)cc1C. The predicted octanol–water partition coefficient (Wildman–Crippen LogP) is 4.06. The zero-order valence-corrected chi connectivity index (χ0v) is 11.9. The van der Waals surface area contributed by atoms with E-state index >= 15 is 0 Å². The fraction of sp³-hybridized carbons (Fsp3) is 0.571. The van der Waals surface area contributed by atoms with Gasteiger partial charge in [0.1, 0.15) is 5.50 Å². The molecule has 1 unspecified atom stereocenters. The smallest absolute Gasteiger partial charge is 0.108 e. The normalized spacial score (nSPS) is 13.9. The van der Waals surface area contributed by atoms with Gasteiger partial charge in [0.25, 0.3) is 0 Å². The number of aryl methyl sites for hydroxylation is 2. The first-order valence-corrected chi connectivity index (χ1v) is 6.14. The van der Waals surface area contributed by atoms with Gasteiger partial charge in [-0.15, -0.1) is 11.6 Å². The third-order valence-electron chi connectivity index (χ3n) is 2.97. The van der Waals surface area contributed by atoms with E-state index in [0.29, 0.717) is 0 Å². The van der Waals surface area contributed by atoms with E-state index in [1.807, 2.05) is 7.05 Å². The van der Waals surface area contributed by atoms with Gasteiger partial charge in [0.15, 0.2) is 0 Å². The number of hydrogen-bond acceptors (Lipinski definition) is 1. The molecule has 0 heterocycles. The number of alkyl halides is 1. The molecule has 2 heteroatoms. The molecule has 1 rings (SSSR count). The summed E-state index contributed by atoms with van der Waals surface area (Å²) >= 11 is 6.26. The molecule has 0 aromatic heterocycles. The Kier molecular flexibility index (Phi) is 4.03. The maximum Gasteiger partial charge on any atom is 0.108 e. The lowest BCUT2D eigenvalue weighted by molar-refractivity contribution is 0.588. The highest BCUT2D eigenvalue weighted by molar-refractivity contribution is 6.20. The third kappa shape index (κ3) is 2.78. The van der Waals surface area contributed by atoms with E-state index in [9.17, 15) is 0 Å². The van der Waals surface area contributed by atoms with Crippen LogP contribution >= 0.6 is 11.6 Å². The van der Waals surface area contributed by atoms with E-state index in [2.05, 4.69) is 52.1 Å². The van der Waals surface area contributed by atoms with E-state index < -0.39 is 0 Å². The molecule has 16 heavy (non-hydrogen) atoms. The molecule has 1 atom stereocenters. The number of benzene rings is 1. The highest BCUT2D eigenvalue weighted by Crippen LogP contribution is 2.30. The number of halogens is 1. The molecule has 1 aromatic carbocycles. The molecule has 0 fully saturated rings. The highest BCUT2D eigenvalue weighted by Gasteiger charge is 2.18. The molecule has 0 aliphatic carbocycles. The molecule has 0 aliphatic rings. The van der Waals surface area contributed by atoms with Crippen LogP contribution in [0.2, 0.25) is 0 Å². The maximum absolute atomic E-state index is 6.26. The molecule has 0 saturated heterocycles. The third-order valence-corrected chi connectivity index (χ3v) is 3.40. The van der Waals surface area contributed by atoms with Gasteiger partial charge in [-0.05, 0) is 48.6 Å². The van der Waals surface area contributed by atoms with Gasteiger partial charge in [-0.25, -0.2) is 0 Å². The zero-order chi connectivity index (χ0) is 12.5. The van der Waals surface area contributed by atoms with E-state index in [-0.39, 0.29) is 10.9 Å². The minimum absolute atomic E-state index is 0.103. The number of nitrogens with one attached hydrogen (secondary N) is 1. The molecule has 0 amide bonds. The molecule has 0 saturated carbocycles. The second-order valence-electron chi connectivity index (χ2n) is 5.42. The summed E-state index contributed by atoms with van der Waals surface area (Å²) in [6.45, 7) is 11.0. The topological polar surface area (TPSA) is 12.0 Å². The van der Waals surface area contributed by atoms with Gasteiger partial charge in [0.05, 0.1) is 0 Å². The Labute approximate surface area is 104 Å². The zero-order valence-electron chi connectivity index (χ0n) is 11.1. The van der Waals surface area contributed by atoms with E-state index in [4.69, 9.17) is 11.6 Å². The highest BCUT2D eigenvalue weighted by atomic mass is 35.5. The molecule has 0 radical (unpaired) electrons. The molecule has 0 spiro atoms. The average Bonchev–Trinajstić information content (AvgIpc) is 2.14. The van der Waals surface area contributed by atoms with E-state index in [0.717, 1.165) is 0 Å². The van der Waals surface area contributed by atoms with Crippen LogP contribution in [0, 0.1) is 13.8 Å². The molecule has 1 nitrogen and oxygen atoms in total. The van der Waals surface area contributed by atoms with Gasteiger partial charge in [0, 0.05) is 0 Å². The van der Waals surface area contributed by atoms with Crippen molar-refractivity contribution >= 4 is 11.6 Å². The molecule has 0 aliphatic heterocycles. The molecule has 1 N–H and O–H groups in total. The lowest BCUT2D eigenvalue weighted by atomic mass is 9.84. The van der Waals surface area contributed by atoms with Crippen LogP contribution in [0.25, 0.3) is 0 Å². The average molecular weight is 240 g/mol. The first-order valence-electron chi connectivity index (χ1n) is 5.70. The van der Waals surface area contributed by atoms with Gasteiger partial charge < -0.3 is 5.32 Å². The van der Waals surface area contributed by atoms with Crippen molar-refractivity contribution in [1.29, 1.82) is 0 Å². The molecule has 1 aromatic rings. The first-order chi connectivity index (χ1) is 7.27. The van der Waals surface area contributed by atoms with Crippen molar-refractivity contribution in [2.75, 3.05) is 7.05 Å². The number of rotatable bonds is 2. The first kappa shape index (κ1) is 13.5. The van der Waals surface area contributed by atoms with Gasteiger partial charge in [-0.1, -0.05) is 32.9 Å². The summed E-state index contributed by atoms with van der Waals surface area (Å²) in [5.41, 5.74) is 5.19. The van der Waals surface area contributed by atoms with E-state index in [1.165, 1.54) is 22.3 Å². The summed E-state index contributed by atoms with van der Waals surface area (Å²) in [5.74, 6) is 0. The molecular formula is C14H22ClN. The Balaban J connectivity index is 3.28. The summed E-state index contributed by atoms with van der Waals surface area (Å²) in [6.07, 6.45) is 0. The molecule has 90 valence electrons. The van der Waals surface area contributed by atoms with Crippen LogP contribution in [0.15, 0.2) is 12.1 Å². The van der Waals surface area contributed by atoms with Crippen molar-refractivity contribution in [3.63, 3.8) is 0 Å². The molecule has 0 bridgehead atoms. The minimum atomic E-state index is -0.103. The fourth-order valence-corrected chi connectivity index (χ4v) is 2.30. The van der Waals surface area contributed by atoms with Crippen molar-refractivity contribution < 1.29 is 0 Å². The maximum atomic E-state index is 6.26. The predicted molar refractivity (Wildman–Crippen MR) is 72.3 cm³/mol. The largest absolute Gasteiger partial charge is 0.301 e. The van der Waals surface area contributed by atoms with Gasteiger partial charge >= 0.3 is 0 Å². The standard InChI is InChI=1S/C14H22ClN/c1-9-7-11(14(3,4)5)8-10(2)12(9)13(15)16-6/h7-8,13,16H,1-6H3. The van der Waals surface area contributed by atoms with Crippen molar-refractivity contribution in [1.82, 2.24) is 5.32 Å². The van der Waals surface area contributed by atoms with Crippen molar-refractivity contribution in [2.24, 2.45) is 0 Å². The van der Waals surface area contributed by atoms with Crippen molar-refractivity contribution in [3.05, 3.63) is 34.4 Å². The lowest BCUT2D eigenvalue weighted by Crippen LogP contribution is -2.16. The van der Waals surface area contributed by atoms with Gasteiger partial charge in [0.2, 0.25) is 0 Å². The van der Waals surface area contributed by atoms with Crippen molar-refractivity contribution in [3.8, 4) is 0 Å². The summed E-state index contributed by atoms with van der Waals surface area (Å²) in [5, 5.41) is 3.09. The summed E-state index contributed by atoms with van der Waals surface area (Å²) in [6, 6.07) is 4.49. The van der Waals surface area contributed by atoms with Crippen LogP contribution in [-0.4, -0.2) is 7.05 Å². The van der Waals surface area contributed by atoms with Crippen molar-refractivity contribution in [2.45, 2.75) is 45.5 Å². The Morgan fingerprint density at radius 3 is 1.88 bits per heavy atom. The summed E-state index contributed by atoms with van der Waals surface area (Å²) in [7, 11) is 1.88. The monoisotopic (exact) mass is 239 g/mol. The number of hydrogen-bond donors (Lipinski definition) is 1. The fourth-order valence-electron chi connectivity index (χ4n) is 1.95.